The Bertz CT molecular complexity index is 878. The average Bonchev–Trinajstić information content (AvgIpc) is 3.31. The van der Waals surface area contributed by atoms with E-state index in [1.165, 1.54) is 25.6 Å². The fourth-order valence-electron chi connectivity index (χ4n) is 3.12. The minimum Gasteiger partial charge on any atom is -0.493 e. The number of thiophene rings is 1. The molecule has 1 heterocycles. The second-order valence-corrected chi connectivity index (χ2v) is 8.20. The molecule has 0 saturated carbocycles. The summed E-state index contributed by atoms with van der Waals surface area (Å²) in [6.45, 7) is 4.88. The molecule has 0 unspecified atom stereocenters. The maximum Gasteiger partial charge on any atom is 0.267 e. The van der Waals surface area contributed by atoms with Gasteiger partial charge >= 0.3 is 0 Å². The molecule has 1 atom stereocenters. The van der Waals surface area contributed by atoms with Crippen LogP contribution in [0.15, 0.2) is 41.4 Å². The number of methoxy groups -OCH3 is 2. The number of rotatable bonds is 12. The van der Waals surface area contributed by atoms with Crippen molar-refractivity contribution < 1.29 is 19.1 Å². The van der Waals surface area contributed by atoms with Gasteiger partial charge in [0, 0.05) is 17.0 Å². The van der Waals surface area contributed by atoms with Crippen molar-refractivity contribution in [3.63, 3.8) is 0 Å². The quantitative estimate of drug-likeness (QED) is 0.458. The Kier molecular flexibility index (Phi) is 10.1. The Balaban J connectivity index is 2.17. The summed E-state index contributed by atoms with van der Waals surface area (Å²) in [5.41, 5.74) is 0.587. The van der Waals surface area contributed by atoms with E-state index in [-0.39, 0.29) is 11.6 Å². The lowest BCUT2D eigenvalue weighted by molar-refractivity contribution is -0.117. The topological polar surface area (TPSA) is 76.7 Å². The molecule has 168 valence electrons. The Labute approximate surface area is 188 Å². The molecule has 0 saturated heterocycles. The van der Waals surface area contributed by atoms with Crippen LogP contribution in [-0.4, -0.2) is 32.6 Å². The van der Waals surface area contributed by atoms with E-state index in [0.717, 1.165) is 30.6 Å². The molecule has 0 fully saturated rings. The highest BCUT2D eigenvalue weighted by molar-refractivity contribution is 7.10. The molecule has 2 aromatic rings. The molecule has 6 nitrogen and oxygen atoms in total. The van der Waals surface area contributed by atoms with Gasteiger partial charge in [-0.15, -0.1) is 11.3 Å². The first-order valence-corrected chi connectivity index (χ1v) is 11.5. The second kappa shape index (κ2) is 12.8. The molecule has 1 aromatic heterocycles. The molecule has 7 heteroatoms. The summed E-state index contributed by atoms with van der Waals surface area (Å²) < 4.78 is 10.5. The first-order chi connectivity index (χ1) is 15.0. The van der Waals surface area contributed by atoms with Gasteiger partial charge in [0.1, 0.15) is 5.70 Å². The highest BCUT2D eigenvalue weighted by Gasteiger charge is 2.17. The predicted molar refractivity (Wildman–Crippen MR) is 126 cm³/mol. The molecule has 2 rings (SSSR count). The average molecular weight is 445 g/mol. The second-order valence-electron chi connectivity index (χ2n) is 7.22. The summed E-state index contributed by atoms with van der Waals surface area (Å²) in [5.74, 6) is 0.719. The number of carbonyl (C=O) groups is 2. The number of benzene rings is 1. The monoisotopic (exact) mass is 444 g/mol. The number of hydrogen-bond donors (Lipinski definition) is 2. The van der Waals surface area contributed by atoms with Gasteiger partial charge in [-0.05, 0) is 48.1 Å². The van der Waals surface area contributed by atoms with Crippen molar-refractivity contribution in [1.82, 2.24) is 10.6 Å². The number of ether oxygens (including phenoxy) is 2. The van der Waals surface area contributed by atoms with E-state index in [1.54, 1.807) is 24.3 Å². The number of hydrogen-bond acceptors (Lipinski definition) is 5. The first-order valence-electron chi connectivity index (χ1n) is 10.6. The van der Waals surface area contributed by atoms with Crippen molar-refractivity contribution in [2.75, 3.05) is 20.8 Å². The normalized spacial score (nSPS) is 12.2. The van der Waals surface area contributed by atoms with Crippen molar-refractivity contribution in [3.8, 4) is 11.5 Å². The SMILES string of the molecule is CCCC[C@H](CC)CNC(=O)/C(=C/c1cccs1)NC(=O)c1ccc(OC)c(OC)c1. The standard InChI is InChI=1S/C24H32N2O4S/c1-5-7-9-17(6-2)16-25-24(28)20(15-19-10-8-13-31-19)26-23(27)18-11-12-21(29-3)22(14-18)30-4/h8,10-15,17H,5-7,9,16H2,1-4H3,(H,25,28)(H,26,27)/b20-15-/t17-/m0/s1. The van der Waals surface area contributed by atoms with Crippen LogP contribution in [0.5, 0.6) is 11.5 Å². The van der Waals surface area contributed by atoms with E-state index in [4.69, 9.17) is 9.47 Å². The Hall–Kier alpha value is -2.80. The zero-order valence-corrected chi connectivity index (χ0v) is 19.5. The zero-order chi connectivity index (χ0) is 22.6. The number of nitrogens with one attached hydrogen (secondary N) is 2. The lowest BCUT2D eigenvalue weighted by Gasteiger charge is -2.17. The van der Waals surface area contributed by atoms with Crippen LogP contribution in [0.4, 0.5) is 0 Å². The zero-order valence-electron chi connectivity index (χ0n) is 18.7. The Morgan fingerprint density at radius 2 is 1.90 bits per heavy atom. The summed E-state index contributed by atoms with van der Waals surface area (Å²) in [6, 6.07) is 8.69. The van der Waals surface area contributed by atoms with E-state index in [1.807, 2.05) is 17.5 Å². The van der Waals surface area contributed by atoms with Crippen LogP contribution in [-0.2, 0) is 4.79 Å². The molecule has 0 aliphatic rings. The summed E-state index contributed by atoms with van der Waals surface area (Å²) in [6.07, 6.45) is 6.06. The van der Waals surface area contributed by atoms with Crippen LogP contribution >= 0.6 is 11.3 Å². The fourth-order valence-corrected chi connectivity index (χ4v) is 3.78. The maximum absolute atomic E-state index is 12.9. The van der Waals surface area contributed by atoms with Gasteiger partial charge in [0.2, 0.25) is 0 Å². The van der Waals surface area contributed by atoms with Crippen LogP contribution < -0.4 is 20.1 Å². The van der Waals surface area contributed by atoms with Gasteiger partial charge in [0.15, 0.2) is 11.5 Å². The van der Waals surface area contributed by atoms with Gasteiger partial charge in [0.05, 0.1) is 14.2 Å². The summed E-state index contributed by atoms with van der Waals surface area (Å²) in [5, 5.41) is 7.68. The van der Waals surface area contributed by atoms with E-state index in [2.05, 4.69) is 24.5 Å². The molecule has 2 N–H and O–H groups in total. The molecular formula is C24H32N2O4S. The van der Waals surface area contributed by atoms with Crippen LogP contribution in [0.1, 0.15) is 54.8 Å². The van der Waals surface area contributed by atoms with Crippen LogP contribution in [0.3, 0.4) is 0 Å². The lowest BCUT2D eigenvalue weighted by atomic mass is 9.99. The van der Waals surface area contributed by atoms with Gasteiger partial charge in [-0.3, -0.25) is 9.59 Å². The minimum absolute atomic E-state index is 0.215. The third kappa shape index (κ3) is 7.43. The maximum atomic E-state index is 12.9. The van der Waals surface area contributed by atoms with E-state index in [9.17, 15) is 9.59 Å². The molecule has 31 heavy (non-hydrogen) atoms. The van der Waals surface area contributed by atoms with Gasteiger partial charge < -0.3 is 20.1 Å². The summed E-state index contributed by atoms with van der Waals surface area (Å²) in [4.78, 5) is 26.7. The Morgan fingerprint density at radius 3 is 2.52 bits per heavy atom. The molecule has 0 bridgehead atoms. The fraction of sp³-hybridized carbons (Fsp3) is 0.417. The van der Waals surface area contributed by atoms with Gasteiger partial charge in [-0.1, -0.05) is 39.2 Å². The van der Waals surface area contributed by atoms with E-state index < -0.39 is 5.91 Å². The molecule has 1 aromatic carbocycles. The molecular weight excluding hydrogens is 412 g/mol. The van der Waals surface area contributed by atoms with Crippen molar-refractivity contribution in [2.45, 2.75) is 39.5 Å². The largest absolute Gasteiger partial charge is 0.493 e. The third-order valence-electron chi connectivity index (χ3n) is 5.06. The van der Waals surface area contributed by atoms with E-state index >= 15 is 0 Å². The van der Waals surface area contributed by atoms with Crippen molar-refractivity contribution >= 4 is 29.2 Å². The van der Waals surface area contributed by atoms with Gasteiger partial charge in [-0.2, -0.15) is 0 Å². The number of carbonyl (C=O) groups excluding carboxylic acids is 2. The van der Waals surface area contributed by atoms with Crippen molar-refractivity contribution in [3.05, 3.63) is 51.8 Å². The number of amides is 2. The van der Waals surface area contributed by atoms with Crippen molar-refractivity contribution in [1.29, 1.82) is 0 Å². The molecule has 0 spiro atoms. The smallest absolute Gasteiger partial charge is 0.267 e. The van der Waals surface area contributed by atoms with Crippen LogP contribution in [0.25, 0.3) is 6.08 Å². The van der Waals surface area contributed by atoms with Crippen LogP contribution in [0, 0.1) is 5.92 Å². The predicted octanol–water partition coefficient (Wildman–Crippen LogP) is 4.87. The summed E-state index contributed by atoms with van der Waals surface area (Å²) >= 11 is 1.50. The van der Waals surface area contributed by atoms with Gasteiger partial charge in [-0.25, -0.2) is 0 Å². The molecule has 2 amide bonds. The van der Waals surface area contributed by atoms with E-state index in [0.29, 0.717) is 29.5 Å². The molecule has 0 radical (unpaired) electrons. The van der Waals surface area contributed by atoms with Crippen LogP contribution in [0.2, 0.25) is 0 Å². The van der Waals surface area contributed by atoms with Gasteiger partial charge in [0.25, 0.3) is 11.8 Å². The highest BCUT2D eigenvalue weighted by Crippen LogP contribution is 2.27. The minimum atomic E-state index is -0.392. The Morgan fingerprint density at radius 1 is 1.13 bits per heavy atom. The third-order valence-corrected chi connectivity index (χ3v) is 5.88. The lowest BCUT2D eigenvalue weighted by Crippen LogP contribution is -2.37. The van der Waals surface area contributed by atoms with Crippen molar-refractivity contribution in [2.24, 2.45) is 5.92 Å². The first kappa shape index (κ1) is 24.5. The molecule has 0 aliphatic carbocycles. The number of unbranched alkanes of at least 4 members (excludes halogenated alkanes) is 1. The molecule has 0 aliphatic heterocycles. The highest BCUT2D eigenvalue weighted by atomic mass is 32.1. The summed E-state index contributed by atoms with van der Waals surface area (Å²) in [7, 11) is 3.05.